The highest BCUT2D eigenvalue weighted by molar-refractivity contribution is 5.91. The number of hydrogen-bond acceptors (Lipinski definition) is 2. The van der Waals surface area contributed by atoms with Crippen molar-refractivity contribution in [2.24, 2.45) is 0 Å². The molecule has 1 amide bonds. The van der Waals surface area contributed by atoms with Crippen LogP contribution < -0.4 is 0 Å². The van der Waals surface area contributed by atoms with E-state index >= 15 is 0 Å². The van der Waals surface area contributed by atoms with Crippen LogP contribution in [0.2, 0.25) is 0 Å². The lowest BCUT2D eigenvalue weighted by atomic mass is 10.0. The molecule has 3 heteroatoms. The summed E-state index contributed by atoms with van der Waals surface area (Å²) in [5, 5.41) is 0. The van der Waals surface area contributed by atoms with Gasteiger partial charge in [-0.15, -0.1) is 0 Å². The summed E-state index contributed by atoms with van der Waals surface area (Å²) >= 11 is 0. The Morgan fingerprint density at radius 1 is 1.12 bits per heavy atom. The lowest BCUT2D eigenvalue weighted by molar-refractivity contribution is -0.128. The van der Waals surface area contributed by atoms with E-state index in [0.29, 0.717) is 6.04 Å². The second-order valence-corrected chi connectivity index (χ2v) is 6.73. The molecular weight excluding hydrogens is 308 g/mol. The molecule has 2 aromatic rings. The number of piperidine rings is 1. The van der Waals surface area contributed by atoms with Crippen LogP contribution >= 0.6 is 0 Å². The van der Waals surface area contributed by atoms with Gasteiger partial charge in [-0.25, -0.2) is 0 Å². The zero-order valence-electron chi connectivity index (χ0n) is 14.8. The van der Waals surface area contributed by atoms with Crippen molar-refractivity contribution < 1.29 is 4.79 Å². The van der Waals surface area contributed by atoms with E-state index in [0.717, 1.165) is 38.0 Å². The van der Waals surface area contributed by atoms with Crippen LogP contribution in [-0.2, 0) is 11.3 Å². The maximum atomic E-state index is 12.5. The van der Waals surface area contributed by atoms with E-state index in [1.165, 1.54) is 5.56 Å². The number of likely N-dealkylation sites (tertiary alicyclic amines) is 1. The van der Waals surface area contributed by atoms with Crippen LogP contribution in [0.3, 0.4) is 0 Å². The van der Waals surface area contributed by atoms with Crippen molar-refractivity contribution in [1.29, 1.82) is 0 Å². The summed E-state index contributed by atoms with van der Waals surface area (Å²) in [4.78, 5) is 16.9. The molecule has 130 valence electrons. The molecular formula is C22H26N2O. The summed E-state index contributed by atoms with van der Waals surface area (Å²) in [6, 6.07) is 20.9. The summed E-state index contributed by atoms with van der Waals surface area (Å²) < 4.78 is 0. The zero-order chi connectivity index (χ0) is 17.5. The topological polar surface area (TPSA) is 23.6 Å². The number of hydrogen-bond donors (Lipinski definition) is 0. The minimum absolute atomic E-state index is 0.113. The van der Waals surface area contributed by atoms with Crippen molar-refractivity contribution in [3.8, 4) is 0 Å². The summed E-state index contributed by atoms with van der Waals surface area (Å²) in [5.41, 5.74) is 2.38. The molecule has 0 N–H and O–H groups in total. The van der Waals surface area contributed by atoms with Crippen LogP contribution in [0.25, 0.3) is 6.08 Å². The van der Waals surface area contributed by atoms with E-state index in [2.05, 4.69) is 36.2 Å². The highest BCUT2D eigenvalue weighted by Gasteiger charge is 2.25. The molecule has 0 radical (unpaired) electrons. The Hall–Kier alpha value is -2.39. The van der Waals surface area contributed by atoms with Gasteiger partial charge in [0, 0.05) is 31.8 Å². The predicted octanol–water partition coefficient (Wildman–Crippen LogP) is 3.82. The molecule has 1 saturated heterocycles. The molecule has 1 heterocycles. The fourth-order valence-corrected chi connectivity index (χ4v) is 3.35. The van der Waals surface area contributed by atoms with Crippen LogP contribution in [-0.4, -0.2) is 41.9 Å². The van der Waals surface area contributed by atoms with Crippen LogP contribution in [0.5, 0.6) is 0 Å². The van der Waals surface area contributed by atoms with Crippen molar-refractivity contribution in [2.75, 3.05) is 20.1 Å². The molecule has 3 rings (SSSR count). The first-order chi connectivity index (χ1) is 12.2. The lowest BCUT2D eigenvalue weighted by Gasteiger charge is -2.37. The van der Waals surface area contributed by atoms with Gasteiger partial charge in [0.15, 0.2) is 0 Å². The van der Waals surface area contributed by atoms with E-state index in [1.54, 1.807) is 6.08 Å². The molecule has 0 spiro atoms. The van der Waals surface area contributed by atoms with Crippen molar-refractivity contribution in [3.63, 3.8) is 0 Å². The average molecular weight is 334 g/mol. The van der Waals surface area contributed by atoms with Gasteiger partial charge in [0.2, 0.25) is 5.91 Å². The quantitative estimate of drug-likeness (QED) is 0.776. The molecule has 0 unspecified atom stereocenters. The summed E-state index contributed by atoms with van der Waals surface area (Å²) in [5.74, 6) is 0.113. The number of amides is 1. The van der Waals surface area contributed by atoms with Crippen LogP contribution in [0.1, 0.15) is 24.0 Å². The van der Waals surface area contributed by atoms with Gasteiger partial charge in [0.05, 0.1) is 0 Å². The molecule has 0 aliphatic carbocycles. The van der Waals surface area contributed by atoms with Gasteiger partial charge < -0.3 is 4.90 Å². The molecule has 1 atom stereocenters. The summed E-state index contributed by atoms with van der Waals surface area (Å²) in [6.07, 6.45) is 5.82. The molecule has 25 heavy (non-hydrogen) atoms. The van der Waals surface area contributed by atoms with E-state index in [4.69, 9.17) is 0 Å². The molecule has 2 aromatic carbocycles. The Labute approximate surface area is 150 Å². The molecule has 0 aromatic heterocycles. The second-order valence-electron chi connectivity index (χ2n) is 6.73. The van der Waals surface area contributed by atoms with Gasteiger partial charge in [-0.2, -0.15) is 0 Å². The average Bonchev–Trinajstić information content (AvgIpc) is 2.68. The van der Waals surface area contributed by atoms with Gasteiger partial charge in [-0.05, 0) is 37.1 Å². The van der Waals surface area contributed by atoms with E-state index in [1.807, 2.05) is 47.4 Å². The van der Waals surface area contributed by atoms with Gasteiger partial charge >= 0.3 is 0 Å². The van der Waals surface area contributed by atoms with Gasteiger partial charge in [0.25, 0.3) is 0 Å². The van der Waals surface area contributed by atoms with E-state index in [9.17, 15) is 4.79 Å². The molecule has 1 aliphatic heterocycles. The van der Waals surface area contributed by atoms with Crippen LogP contribution in [0.15, 0.2) is 66.7 Å². The van der Waals surface area contributed by atoms with Gasteiger partial charge in [0.1, 0.15) is 0 Å². The fraction of sp³-hybridized carbons (Fsp3) is 0.318. The lowest BCUT2D eigenvalue weighted by Crippen LogP contribution is -2.47. The first-order valence-electron chi connectivity index (χ1n) is 8.98. The Kier molecular flexibility index (Phi) is 6.02. The molecule has 1 fully saturated rings. The third kappa shape index (κ3) is 5.04. The van der Waals surface area contributed by atoms with Crippen LogP contribution in [0.4, 0.5) is 0 Å². The van der Waals surface area contributed by atoms with Crippen LogP contribution in [0, 0.1) is 0 Å². The zero-order valence-corrected chi connectivity index (χ0v) is 14.8. The van der Waals surface area contributed by atoms with E-state index < -0.39 is 0 Å². The van der Waals surface area contributed by atoms with Crippen molar-refractivity contribution >= 4 is 12.0 Å². The monoisotopic (exact) mass is 334 g/mol. The third-order valence-electron chi connectivity index (χ3n) is 4.82. The fourth-order valence-electron chi connectivity index (χ4n) is 3.35. The van der Waals surface area contributed by atoms with Crippen molar-refractivity contribution in [1.82, 2.24) is 9.80 Å². The molecule has 0 saturated carbocycles. The number of nitrogens with zero attached hydrogens (tertiary/aromatic N) is 2. The van der Waals surface area contributed by atoms with Crippen molar-refractivity contribution in [2.45, 2.75) is 25.4 Å². The summed E-state index contributed by atoms with van der Waals surface area (Å²) in [7, 11) is 2.16. The number of rotatable bonds is 5. The smallest absolute Gasteiger partial charge is 0.246 e. The SMILES string of the molecule is CN(Cc1ccccc1)[C@@H]1CCCN(C(=O)/C=C/c2ccccc2)C1. The Morgan fingerprint density at radius 3 is 2.52 bits per heavy atom. The Balaban J connectivity index is 1.57. The number of carbonyl (C=O) groups excluding carboxylic acids is 1. The Morgan fingerprint density at radius 2 is 1.80 bits per heavy atom. The maximum Gasteiger partial charge on any atom is 0.246 e. The van der Waals surface area contributed by atoms with Gasteiger partial charge in [-0.3, -0.25) is 9.69 Å². The standard InChI is InChI=1S/C22H26N2O/c1-23(17-20-11-6-3-7-12-20)21-13-8-16-24(18-21)22(25)15-14-19-9-4-2-5-10-19/h2-7,9-12,14-15,21H,8,13,16-18H2,1H3/b15-14+/t21-/m1/s1. The van der Waals surface area contributed by atoms with E-state index in [-0.39, 0.29) is 5.91 Å². The Bertz CT molecular complexity index is 696. The molecule has 1 aliphatic rings. The van der Waals surface area contributed by atoms with Crippen molar-refractivity contribution in [3.05, 3.63) is 77.9 Å². The highest BCUT2D eigenvalue weighted by atomic mass is 16.2. The highest BCUT2D eigenvalue weighted by Crippen LogP contribution is 2.17. The molecule has 0 bridgehead atoms. The first-order valence-corrected chi connectivity index (χ1v) is 8.98. The predicted molar refractivity (Wildman–Crippen MR) is 103 cm³/mol. The minimum Gasteiger partial charge on any atom is -0.338 e. The normalized spacial score (nSPS) is 18.0. The largest absolute Gasteiger partial charge is 0.338 e. The molecule has 3 nitrogen and oxygen atoms in total. The third-order valence-corrected chi connectivity index (χ3v) is 4.82. The first kappa shape index (κ1) is 17.4. The number of likely N-dealkylation sites (N-methyl/N-ethyl adjacent to an activating group) is 1. The number of carbonyl (C=O) groups is 1. The maximum absolute atomic E-state index is 12.5. The number of benzene rings is 2. The minimum atomic E-state index is 0.113. The second kappa shape index (κ2) is 8.63. The van der Waals surface area contributed by atoms with Gasteiger partial charge in [-0.1, -0.05) is 60.7 Å². The summed E-state index contributed by atoms with van der Waals surface area (Å²) in [6.45, 7) is 2.59.